The Balaban J connectivity index is 3.34. The Morgan fingerprint density at radius 2 is 2.05 bits per heavy atom. The molecular formula is C12H16FNO4S2. The van der Waals surface area contributed by atoms with Crippen LogP contribution >= 0.6 is 11.8 Å². The summed E-state index contributed by atoms with van der Waals surface area (Å²) < 4.78 is 39.5. The van der Waals surface area contributed by atoms with Gasteiger partial charge in [0.05, 0.1) is 10.5 Å². The standard InChI is InChI=1S/C12H16FNO4S2/c1-8-10(13)6-9(12(15)16)7-11(8)20(17,18)14(2)4-5-19-3/h6-7H,4-5H2,1-3H3,(H,15,16). The zero-order valence-electron chi connectivity index (χ0n) is 11.4. The number of carbonyl (C=O) groups is 1. The topological polar surface area (TPSA) is 74.7 Å². The number of nitrogens with zero attached hydrogens (tertiary/aromatic N) is 1. The minimum atomic E-state index is -3.90. The quantitative estimate of drug-likeness (QED) is 0.865. The van der Waals surface area contributed by atoms with Crippen LogP contribution in [0.3, 0.4) is 0 Å². The summed E-state index contributed by atoms with van der Waals surface area (Å²) in [6, 6.07) is 1.81. The molecule has 112 valence electrons. The van der Waals surface area contributed by atoms with E-state index in [0.717, 1.165) is 16.4 Å². The number of hydrogen-bond donors (Lipinski definition) is 1. The van der Waals surface area contributed by atoms with Crippen molar-refractivity contribution in [1.29, 1.82) is 0 Å². The van der Waals surface area contributed by atoms with Crippen molar-refractivity contribution in [2.45, 2.75) is 11.8 Å². The number of halogens is 1. The lowest BCUT2D eigenvalue weighted by atomic mass is 10.1. The molecule has 1 aromatic carbocycles. The van der Waals surface area contributed by atoms with Crippen molar-refractivity contribution < 1.29 is 22.7 Å². The number of sulfonamides is 1. The van der Waals surface area contributed by atoms with Gasteiger partial charge in [0.2, 0.25) is 10.0 Å². The summed E-state index contributed by atoms with van der Waals surface area (Å²) >= 11 is 1.48. The molecule has 0 amide bonds. The van der Waals surface area contributed by atoms with E-state index in [0.29, 0.717) is 5.75 Å². The van der Waals surface area contributed by atoms with Gasteiger partial charge in [-0.2, -0.15) is 11.8 Å². The van der Waals surface area contributed by atoms with E-state index in [1.54, 1.807) is 0 Å². The molecule has 0 fully saturated rings. The molecule has 0 unspecified atom stereocenters. The Morgan fingerprint density at radius 3 is 2.55 bits per heavy atom. The maximum absolute atomic E-state index is 13.7. The van der Waals surface area contributed by atoms with Gasteiger partial charge in [-0.15, -0.1) is 0 Å². The van der Waals surface area contributed by atoms with Crippen molar-refractivity contribution in [2.75, 3.05) is 25.6 Å². The third-order valence-corrected chi connectivity index (χ3v) is 5.42. The fourth-order valence-corrected chi connectivity index (χ4v) is 3.55. The minimum absolute atomic E-state index is 0.0778. The molecule has 0 spiro atoms. The van der Waals surface area contributed by atoms with E-state index >= 15 is 0 Å². The van der Waals surface area contributed by atoms with Crippen LogP contribution in [0.5, 0.6) is 0 Å². The monoisotopic (exact) mass is 321 g/mol. The molecular weight excluding hydrogens is 305 g/mol. The number of carboxylic acids is 1. The molecule has 0 saturated heterocycles. The molecule has 0 atom stereocenters. The highest BCUT2D eigenvalue weighted by atomic mass is 32.2. The van der Waals surface area contributed by atoms with E-state index in [4.69, 9.17) is 5.11 Å². The Hall–Kier alpha value is -1.12. The van der Waals surface area contributed by atoms with Crippen molar-refractivity contribution in [3.05, 3.63) is 29.1 Å². The molecule has 1 aromatic rings. The van der Waals surface area contributed by atoms with Crippen molar-refractivity contribution in [1.82, 2.24) is 4.31 Å². The van der Waals surface area contributed by atoms with Gasteiger partial charge in [0.25, 0.3) is 0 Å². The van der Waals surface area contributed by atoms with Crippen LogP contribution in [0.1, 0.15) is 15.9 Å². The molecule has 0 radical (unpaired) electrons. The molecule has 1 N–H and O–H groups in total. The zero-order chi connectivity index (χ0) is 15.5. The second-order valence-corrected chi connectivity index (χ2v) is 7.20. The number of rotatable bonds is 6. The summed E-state index contributed by atoms with van der Waals surface area (Å²) in [5.41, 5.74) is -0.462. The van der Waals surface area contributed by atoms with Gasteiger partial charge in [-0.25, -0.2) is 21.9 Å². The Labute approximate surface area is 121 Å². The number of hydrogen-bond acceptors (Lipinski definition) is 4. The van der Waals surface area contributed by atoms with Crippen LogP contribution in [-0.4, -0.2) is 49.4 Å². The molecule has 1 rings (SSSR count). The summed E-state index contributed by atoms with van der Waals surface area (Å²) in [7, 11) is -2.52. The SMILES string of the molecule is CSCCN(C)S(=O)(=O)c1cc(C(=O)O)cc(F)c1C. The predicted octanol–water partition coefficient (Wildman–Crippen LogP) is 1.82. The molecule has 0 aliphatic heterocycles. The minimum Gasteiger partial charge on any atom is -0.478 e. The maximum atomic E-state index is 13.7. The van der Waals surface area contributed by atoms with Gasteiger partial charge in [-0.3, -0.25) is 0 Å². The molecule has 0 bridgehead atoms. The van der Waals surface area contributed by atoms with Crippen molar-refractivity contribution in [3.63, 3.8) is 0 Å². The molecule has 0 aromatic heterocycles. The lowest BCUT2D eigenvalue weighted by molar-refractivity contribution is 0.0696. The van der Waals surface area contributed by atoms with Crippen LogP contribution in [0.4, 0.5) is 4.39 Å². The fraction of sp³-hybridized carbons (Fsp3) is 0.417. The number of thioether (sulfide) groups is 1. The summed E-state index contributed by atoms with van der Waals surface area (Å²) in [6.07, 6.45) is 1.84. The first-order valence-electron chi connectivity index (χ1n) is 5.70. The van der Waals surface area contributed by atoms with Gasteiger partial charge in [0, 0.05) is 24.9 Å². The number of carboxylic acid groups (broad SMARTS) is 1. The molecule has 8 heteroatoms. The molecule has 0 aliphatic carbocycles. The van der Waals surface area contributed by atoms with Gasteiger partial charge in [-0.1, -0.05) is 0 Å². The second-order valence-electron chi connectivity index (χ2n) is 4.21. The average molecular weight is 321 g/mol. The van der Waals surface area contributed by atoms with E-state index in [9.17, 15) is 17.6 Å². The third kappa shape index (κ3) is 3.50. The smallest absolute Gasteiger partial charge is 0.335 e. The average Bonchev–Trinajstić information content (AvgIpc) is 2.38. The fourth-order valence-electron chi connectivity index (χ4n) is 1.55. The van der Waals surface area contributed by atoms with Gasteiger partial charge >= 0.3 is 5.97 Å². The van der Waals surface area contributed by atoms with Crippen molar-refractivity contribution >= 4 is 27.8 Å². The highest BCUT2D eigenvalue weighted by Gasteiger charge is 2.25. The highest BCUT2D eigenvalue weighted by molar-refractivity contribution is 7.98. The van der Waals surface area contributed by atoms with Gasteiger partial charge < -0.3 is 5.11 Å². The van der Waals surface area contributed by atoms with E-state index in [1.807, 2.05) is 6.26 Å². The molecule has 0 heterocycles. The van der Waals surface area contributed by atoms with Gasteiger partial charge in [0.15, 0.2) is 0 Å². The summed E-state index contributed by atoms with van der Waals surface area (Å²) in [4.78, 5) is 10.6. The summed E-state index contributed by atoms with van der Waals surface area (Å²) in [5.74, 6) is -1.62. The Bertz CT molecular complexity index is 616. The molecule has 20 heavy (non-hydrogen) atoms. The van der Waals surface area contributed by atoms with Crippen LogP contribution in [0.25, 0.3) is 0 Å². The highest BCUT2D eigenvalue weighted by Crippen LogP contribution is 2.23. The molecule has 5 nitrogen and oxygen atoms in total. The number of benzene rings is 1. The summed E-state index contributed by atoms with van der Waals surface area (Å²) in [6.45, 7) is 1.58. The van der Waals surface area contributed by atoms with E-state index in [1.165, 1.54) is 25.7 Å². The lowest BCUT2D eigenvalue weighted by Crippen LogP contribution is -2.30. The Kier molecular flexibility index (Phi) is 5.55. The lowest BCUT2D eigenvalue weighted by Gasteiger charge is -2.18. The third-order valence-electron chi connectivity index (χ3n) is 2.84. The first kappa shape index (κ1) is 16.9. The Morgan fingerprint density at radius 1 is 1.45 bits per heavy atom. The largest absolute Gasteiger partial charge is 0.478 e. The van der Waals surface area contributed by atoms with Crippen LogP contribution in [0.2, 0.25) is 0 Å². The first-order chi connectivity index (χ1) is 9.21. The van der Waals surface area contributed by atoms with Crippen LogP contribution < -0.4 is 0 Å². The number of aromatic carboxylic acids is 1. The second kappa shape index (κ2) is 6.55. The van der Waals surface area contributed by atoms with Crippen molar-refractivity contribution in [2.24, 2.45) is 0 Å². The normalized spacial score (nSPS) is 11.8. The van der Waals surface area contributed by atoms with E-state index < -0.39 is 21.8 Å². The molecule has 0 saturated carbocycles. The van der Waals surface area contributed by atoms with Crippen LogP contribution in [0.15, 0.2) is 17.0 Å². The van der Waals surface area contributed by atoms with Crippen molar-refractivity contribution in [3.8, 4) is 0 Å². The first-order valence-corrected chi connectivity index (χ1v) is 8.54. The van der Waals surface area contributed by atoms with Crippen LogP contribution in [0, 0.1) is 12.7 Å². The maximum Gasteiger partial charge on any atom is 0.335 e. The van der Waals surface area contributed by atoms with E-state index in [2.05, 4.69) is 0 Å². The zero-order valence-corrected chi connectivity index (χ0v) is 13.0. The molecule has 0 aliphatic rings. The van der Waals surface area contributed by atoms with Crippen LogP contribution in [-0.2, 0) is 10.0 Å². The predicted molar refractivity (Wildman–Crippen MR) is 76.3 cm³/mol. The van der Waals surface area contributed by atoms with Gasteiger partial charge in [0.1, 0.15) is 5.82 Å². The van der Waals surface area contributed by atoms with E-state index in [-0.39, 0.29) is 22.6 Å². The van der Waals surface area contributed by atoms with Gasteiger partial charge in [-0.05, 0) is 25.3 Å². The summed E-state index contributed by atoms with van der Waals surface area (Å²) in [5, 5.41) is 8.89.